The number of nitrogens with one attached hydrogen (secondary N) is 1. The van der Waals surface area contributed by atoms with Crippen molar-refractivity contribution in [1.82, 2.24) is 10.2 Å². The normalized spacial score (nSPS) is 10.4. The maximum Gasteiger partial charge on any atom is 0.251 e. The number of fused-ring (bicyclic) bond motifs is 1. The highest BCUT2D eigenvalue weighted by Crippen LogP contribution is 2.15. The van der Waals surface area contributed by atoms with E-state index in [2.05, 4.69) is 11.4 Å². The Kier molecular flexibility index (Phi) is 7.18. The minimum Gasteiger partial charge on any atom is -0.352 e. The summed E-state index contributed by atoms with van der Waals surface area (Å²) in [5.41, 5.74) is 2.17. The third kappa shape index (κ3) is 5.45. The predicted molar refractivity (Wildman–Crippen MR) is 118 cm³/mol. The number of benzene rings is 3. The van der Waals surface area contributed by atoms with Crippen molar-refractivity contribution in [3.8, 4) is 6.07 Å². The molecule has 0 aliphatic heterocycles. The number of amides is 2. The van der Waals surface area contributed by atoms with Crippen LogP contribution in [0.25, 0.3) is 10.8 Å². The molecule has 0 unspecified atom stereocenters. The van der Waals surface area contributed by atoms with E-state index in [0.717, 1.165) is 22.8 Å². The first-order valence-electron chi connectivity index (χ1n) is 10.1. The van der Waals surface area contributed by atoms with E-state index in [1.165, 1.54) is 0 Å². The second-order valence-corrected chi connectivity index (χ2v) is 7.19. The average Bonchev–Trinajstić information content (AvgIpc) is 2.78. The summed E-state index contributed by atoms with van der Waals surface area (Å²) in [7, 11) is 0. The molecule has 0 spiro atoms. The Morgan fingerprint density at radius 1 is 1.00 bits per heavy atom. The molecule has 0 heterocycles. The SMILES string of the molecule is CCCN(Cc1ccc(C#N)cc1)C(=O)CCNC(=O)c1ccc2ccccc2c1. The average molecular weight is 399 g/mol. The molecule has 3 aromatic carbocycles. The zero-order valence-electron chi connectivity index (χ0n) is 17.1. The van der Waals surface area contributed by atoms with Gasteiger partial charge in [-0.25, -0.2) is 0 Å². The van der Waals surface area contributed by atoms with Crippen LogP contribution in [-0.2, 0) is 11.3 Å². The van der Waals surface area contributed by atoms with Crippen LogP contribution in [0.3, 0.4) is 0 Å². The van der Waals surface area contributed by atoms with Crippen LogP contribution < -0.4 is 5.32 Å². The quantitative estimate of drug-likeness (QED) is 0.615. The molecule has 0 aliphatic carbocycles. The Labute approximate surface area is 176 Å². The second-order valence-electron chi connectivity index (χ2n) is 7.19. The van der Waals surface area contributed by atoms with E-state index in [0.29, 0.717) is 24.2 Å². The van der Waals surface area contributed by atoms with E-state index in [1.54, 1.807) is 23.1 Å². The number of nitrogens with zero attached hydrogens (tertiary/aromatic N) is 2. The molecule has 30 heavy (non-hydrogen) atoms. The number of hydrogen-bond donors (Lipinski definition) is 1. The van der Waals surface area contributed by atoms with Gasteiger partial charge < -0.3 is 10.2 Å². The molecule has 0 bridgehead atoms. The molecular formula is C25H25N3O2. The second kappa shape index (κ2) is 10.2. The maximum absolute atomic E-state index is 12.7. The highest BCUT2D eigenvalue weighted by Gasteiger charge is 2.14. The molecule has 0 fully saturated rings. The summed E-state index contributed by atoms with van der Waals surface area (Å²) < 4.78 is 0. The Morgan fingerprint density at radius 3 is 2.43 bits per heavy atom. The zero-order valence-corrected chi connectivity index (χ0v) is 17.1. The Balaban J connectivity index is 1.55. The van der Waals surface area contributed by atoms with E-state index in [9.17, 15) is 9.59 Å². The van der Waals surface area contributed by atoms with Gasteiger partial charge in [0.25, 0.3) is 5.91 Å². The highest BCUT2D eigenvalue weighted by atomic mass is 16.2. The van der Waals surface area contributed by atoms with Crippen LogP contribution in [0, 0.1) is 11.3 Å². The lowest BCUT2D eigenvalue weighted by Crippen LogP contribution is -2.34. The predicted octanol–water partition coefficient (Wildman–Crippen LogP) is 4.27. The van der Waals surface area contributed by atoms with Crippen molar-refractivity contribution in [2.24, 2.45) is 0 Å². The maximum atomic E-state index is 12.7. The Bertz CT molecular complexity index is 1070. The largest absolute Gasteiger partial charge is 0.352 e. The van der Waals surface area contributed by atoms with Gasteiger partial charge >= 0.3 is 0 Å². The summed E-state index contributed by atoms with van der Waals surface area (Å²) >= 11 is 0. The molecule has 5 nitrogen and oxygen atoms in total. The molecule has 0 saturated heterocycles. The molecule has 152 valence electrons. The molecule has 0 aromatic heterocycles. The van der Waals surface area contributed by atoms with Gasteiger partial charge in [0, 0.05) is 31.6 Å². The van der Waals surface area contributed by atoms with Gasteiger partial charge in [-0.15, -0.1) is 0 Å². The van der Waals surface area contributed by atoms with Crippen molar-refractivity contribution in [2.75, 3.05) is 13.1 Å². The van der Waals surface area contributed by atoms with Crippen LogP contribution in [0.15, 0.2) is 66.7 Å². The fourth-order valence-electron chi connectivity index (χ4n) is 3.34. The van der Waals surface area contributed by atoms with E-state index in [4.69, 9.17) is 5.26 Å². The summed E-state index contributed by atoms with van der Waals surface area (Å²) in [6, 6.07) is 22.8. The van der Waals surface area contributed by atoms with Crippen molar-refractivity contribution in [3.63, 3.8) is 0 Å². The number of rotatable bonds is 8. The summed E-state index contributed by atoms with van der Waals surface area (Å²) in [6.07, 6.45) is 1.10. The van der Waals surface area contributed by atoms with Crippen LogP contribution in [0.1, 0.15) is 41.3 Å². The van der Waals surface area contributed by atoms with Crippen molar-refractivity contribution in [3.05, 3.63) is 83.4 Å². The highest BCUT2D eigenvalue weighted by molar-refractivity contribution is 5.98. The van der Waals surface area contributed by atoms with Gasteiger partial charge in [0.1, 0.15) is 0 Å². The van der Waals surface area contributed by atoms with Crippen molar-refractivity contribution >= 4 is 22.6 Å². The zero-order chi connectivity index (χ0) is 21.3. The van der Waals surface area contributed by atoms with Gasteiger partial charge in [-0.1, -0.05) is 49.4 Å². The first kappa shape index (κ1) is 21.1. The smallest absolute Gasteiger partial charge is 0.251 e. The van der Waals surface area contributed by atoms with Crippen LogP contribution in [0.2, 0.25) is 0 Å². The molecular weight excluding hydrogens is 374 g/mol. The molecule has 0 atom stereocenters. The summed E-state index contributed by atoms with van der Waals surface area (Å²) in [5.74, 6) is -0.178. The molecule has 0 aliphatic rings. The molecule has 0 radical (unpaired) electrons. The Hall–Kier alpha value is -3.65. The third-order valence-electron chi connectivity index (χ3n) is 4.94. The van der Waals surface area contributed by atoms with Gasteiger partial charge in [0.15, 0.2) is 0 Å². The van der Waals surface area contributed by atoms with Gasteiger partial charge in [0.2, 0.25) is 5.91 Å². The summed E-state index contributed by atoms with van der Waals surface area (Å²) in [6.45, 7) is 3.47. The molecule has 3 aromatic rings. The standard InChI is InChI=1S/C25H25N3O2/c1-2-15-28(18-20-9-7-19(17-26)8-10-20)24(29)13-14-27-25(30)23-12-11-21-5-3-4-6-22(21)16-23/h3-12,16H,2,13-15,18H2,1H3,(H,27,30). The first-order chi connectivity index (χ1) is 14.6. The minimum atomic E-state index is -0.178. The third-order valence-corrected chi connectivity index (χ3v) is 4.94. The van der Waals surface area contributed by atoms with E-state index in [1.807, 2.05) is 55.5 Å². The van der Waals surface area contributed by atoms with E-state index < -0.39 is 0 Å². The molecule has 3 rings (SSSR count). The summed E-state index contributed by atoms with van der Waals surface area (Å²) in [4.78, 5) is 26.9. The van der Waals surface area contributed by atoms with Crippen molar-refractivity contribution in [2.45, 2.75) is 26.3 Å². The lowest BCUT2D eigenvalue weighted by atomic mass is 10.1. The number of carbonyl (C=O) groups is 2. The molecule has 0 saturated carbocycles. The number of hydrogen-bond acceptors (Lipinski definition) is 3. The molecule has 2 amide bonds. The van der Waals surface area contributed by atoms with Gasteiger partial charge in [-0.05, 0) is 47.0 Å². The van der Waals surface area contributed by atoms with Crippen molar-refractivity contribution < 1.29 is 9.59 Å². The summed E-state index contributed by atoms with van der Waals surface area (Å²) in [5, 5.41) is 13.9. The van der Waals surface area contributed by atoms with Gasteiger partial charge in [-0.3, -0.25) is 9.59 Å². The first-order valence-corrected chi connectivity index (χ1v) is 10.1. The van der Waals surface area contributed by atoms with Crippen LogP contribution in [-0.4, -0.2) is 29.8 Å². The van der Waals surface area contributed by atoms with Gasteiger partial charge in [0.05, 0.1) is 11.6 Å². The fraction of sp³-hybridized carbons (Fsp3) is 0.240. The van der Waals surface area contributed by atoms with Crippen molar-refractivity contribution in [1.29, 1.82) is 5.26 Å². The molecule has 5 heteroatoms. The number of nitriles is 1. The topological polar surface area (TPSA) is 73.2 Å². The fourth-order valence-corrected chi connectivity index (χ4v) is 3.34. The van der Waals surface area contributed by atoms with Crippen LogP contribution >= 0.6 is 0 Å². The van der Waals surface area contributed by atoms with Crippen LogP contribution in [0.5, 0.6) is 0 Å². The lowest BCUT2D eigenvalue weighted by molar-refractivity contribution is -0.131. The minimum absolute atomic E-state index is 0.0000196. The Morgan fingerprint density at radius 2 is 1.73 bits per heavy atom. The molecule has 1 N–H and O–H groups in total. The lowest BCUT2D eigenvalue weighted by Gasteiger charge is -2.22. The monoisotopic (exact) mass is 399 g/mol. The van der Waals surface area contributed by atoms with Crippen LogP contribution in [0.4, 0.5) is 0 Å². The van der Waals surface area contributed by atoms with E-state index in [-0.39, 0.29) is 24.8 Å². The van der Waals surface area contributed by atoms with E-state index >= 15 is 0 Å². The van der Waals surface area contributed by atoms with Gasteiger partial charge in [-0.2, -0.15) is 5.26 Å². The number of carbonyl (C=O) groups excluding carboxylic acids is 2.